The normalized spacial score (nSPS) is 12.5. The van der Waals surface area contributed by atoms with Crippen molar-refractivity contribution in [3.8, 4) is 11.1 Å². The van der Waals surface area contributed by atoms with Crippen LogP contribution in [-0.4, -0.2) is 14.7 Å². The molecule has 3 aromatic rings. The Bertz CT molecular complexity index is 875. The van der Waals surface area contributed by atoms with Gasteiger partial charge in [0.15, 0.2) is 0 Å². The molecular formula is C21H22Cl2N2O. The minimum absolute atomic E-state index is 0.568. The molecule has 0 amide bonds. The highest BCUT2D eigenvalue weighted by atomic mass is 35.5. The maximum Gasteiger partial charge on any atom is 0.121 e. The standard InChI is InChI=1S/C21H22Cl2N2O/c1-14(2)7-10-25-11-8-18(17-6-5-16(22)12-19(17)23)20(25)21(26)15-4-3-9-24-13-15/h3-6,8-9,11-14,21,26H,7,10H2,1-2H3. The van der Waals surface area contributed by atoms with E-state index in [9.17, 15) is 5.11 Å². The van der Waals surface area contributed by atoms with Crippen LogP contribution in [0.15, 0.2) is 55.0 Å². The van der Waals surface area contributed by atoms with E-state index in [4.69, 9.17) is 23.2 Å². The highest BCUT2D eigenvalue weighted by molar-refractivity contribution is 6.36. The molecule has 0 saturated heterocycles. The third-order valence-electron chi connectivity index (χ3n) is 4.43. The van der Waals surface area contributed by atoms with Gasteiger partial charge in [-0.2, -0.15) is 0 Å². The molecule has 0 saturated carbocycles. The van der Waals surface area contributed by atoms with Crippen LogP contribution in [0, 0.1) is 5.92 Å². The molecule has 1 aromatic carbocycles. The maximum atomic E-state index is 11.1. The first-order valence-corrected chi connectivity index (χ1v) is 9.45. The monoisotopic (exact) mass is 388 g/mol. The Hall–Kier alpha value is -1.81. The summed E-state index contributed by atoms with van der Waals surface area (Å²) in [6, 6.07) is 11.1. The fraction of sp³-hybridized carbons (Fsp3) is 0.286. The van der Waals surface area contributed by atoms with E-state index in [-0.39, 0.29) is 0 Å². The van der Waals surface area contributed by atoms with Gasteiger partial charge in [-0.3, -0.25) is 4.98 Å². The van der Waals surface area contributed by atoms with Crippen molar-refractivity contribution in [2.24, 2.45) is 5.92 Å². The van der Waals surface area contributed by atoms with Gasteiger partial charge in [-0.15, -0.1) is 0 Å². The van der Waals surface area contributed by atoms with Gasteiger partial charge in [0.2, 0.25) is 0 Å². The van der Waals surface area contributed by atoms with Crippen LogP contribution >= 0.6 is 23.2 Å². The Labute approximate surface area is 164 Å². The van der Waals surface area contributed by atoms with Crippen LogP contribution in [0.2, 0.25) is 10.0 Å². The van der Waals surface area contributed by atoms with Gasteiger partial charge in [-0.05, 0) is 36.6 Å². The predicted octanol–water partition coefficient (Wildman–Crippen LogP) is 5.98. The zero-order valence-corrected chi connectivity index (χ0v) is 16.4. The molecule has 2 heterocycles. The van der Waals surface area contributed by atoms with E-state index >= 15 is 0 Å². The highest BCUT2D eigenvalue weighted by Crippen LogP contribution is 2.37. The molecule has 2 aromatic heterocycles. The van der Waals surface area contributed by atoms with Gasteiger partial charge < -0.3 is 9.67 Å². The minimum atomic E-state index is -0.785. The quantitative estimate of drug-likeness (QED) is 0.563. The molecule has 3 rings (SSSR count). The van der Waals surface area contributed by atoms with Crippen LogP contribution < -0.4 is 0 Å². The Balaban J connectivity index is 2.09. The summed E-state index contributed by atoms with van der Waals surface area (Å²) in [5.41, 5.74) is 3.34. The van der Waals surface area contributed by atoms with Crippen LogP contribution in [0.1, 0.15) is 37.6 Å². The third-order valence-corrected chi connectivity index (χ3v) is 4.98. The Morgan fingerprint density at radius 1 is 1.12 bits per heavy atom. The molecular weight excluding hydrogens is 367 g/mol. The number of aliphatic hydroxyl groups is 1. The first-order valence-electron chi connectivity index (χ1n) is 8.69. The summed E-state index contributed by atoms with van der Waals surface area (Å²) in [4.78, 5) is 4.14. The lowest BCUT2D eigenvalue weighted by molar-refractivity contribution is 0.209. The van der Waals surface area contributed by atoms with Gasteiger partial charge in [0.05, 0.1) is 5.69 Å². The molecule has 26 heavy (non-hydrogen) atoms. The number of aromatic nitrogens is 2. The van der Waals surface area contributed by atoms with Crippen molar-refractivity contribution in [3.05, 3.63) is 76.3 Å². The van der Waals surface area contributed by atoms with Crippen molar-refractivity contribution in [2.45, 2.75) is 32.9 Å². The lowest BCUT2D eigenvalue weighted by atomic mass is 9.99. The second kappa shape index (κ2) is 8.26. The van der Waals surface area contributed by atoms with Crippen molar-refractivity contribution in [1.29, 1.82) is 0 Å². The number of rotatable bonds is 6. The zero-order chi connectivity index (χ0) is 18.7. The Morgan fingerprint density at radius 2 is 1.92 bits per heavy atom. The molecule has 0 bridgehead atoms. The topological polar surface area (TPSA) is 38.0 Å². The SMILES string of the molecule is CC(C)CCn1ccc(-c2ccc(Cl)cc2Cl)c1C(O)c1cccnc1. The van der Waals surface area contributed by atoms with E-state index in [1.807, 2.05) is 36.5 Å². The van der Waals surface area contributed by atoms with E-state index in [2.05, 4.69) is 23.4 Å². The zero-order valence-electron chi connectivity index (χ0n) is 14.9. The van der Waals surface area contributed by atoms with E-state index in [1.165, 1.54) is 0 Å². The van der Waals surface area contributed by atoms with E-state index in [1.54, 1.807) is 18.5 Å². The molecule has 3 nitrogen and oxygen atoms in total. The van der Waals surface area contributed by atoms with Crippen molar-refractivity contribution < 1.29 is 5.11 Å². The predicted molar refractivity (Wildman–Crippen MR) is 108 cm³/mol. The maximum absolute atomic E-state index is 11.1. The summed E-state index contributed by atoms with van der Waals surface area (Å²) in [5, 5.41) is 12.2. The molecule has 0 radical (unpaired) electrons. The van der Waals surface area contributed by atoms with Gasteiger partial charge in [0, 0.05) is 51.9 Å². The summed E-state index contributed by atoms with van der Waals surface area (Å²) in [5.74, 6) is 0.573. The molecule has 0 aliphatic rings. The van der Waals surface area contributed by atoms with Crippen molar-refractivity contribution in [1.82, 2.24) is 9.55 Å². The average Bonchev–Trinajstić information content (AvgIpc) is 3.03. The fourth-order valence-electron chi connectivity index (χ4n) is 3.01. The van der Waals surface area contributed by atoms with Gasteiger partial charge >= 0.3 is 0 Å². The largest absolute Gasteiger partial charge is 0.382 e. The van der Waals surface area contributed by atoms with E-state index < -0.39 is 6.10 Å². The lowest BCUT2D eigenvalue weighted by Crippen LogP contribution is -2.11. The molecule has 136 valence electrons. The van der Waals surface area contributed by atoms with Crippen molar-refractivity contribution in [2.75, 3.05) is 0 Å². The van der Waals surface area contributed by atoms with Gasteiger partial charge in [-0.1, -0.05) is 49.2 Å². The Kier molecular flexibility index (Phi) is 6.02. The summed E-state index contributed by atoms with van der Waals surface area (Å²) in [7, 11) is 0. The van der Waals surface area contributed by atoms with Crippen LogP contribution in [0.3, 0.4) is 0 Å². The first-order chi connectivity index (χ1) is 12.5. The number of benzene rings is 1. The summed E-state index contributed by atoms with van der Waals surface area (Å²) in [6.07, 6.45) is 5.64. The molecule has 5 heteroatoms. The number of nitrogens with zero attached hydrogens (tertiary/aromatic N) is 2. The fourth-order valence-corrected chi connectivity index (χ4v) is 3.52. The minimum Gasteiger partial charge on any atom is -0.382 e. The van der Waals surface area contributed by atoms with E-state index in [0.29, 0.717) is 16.0 Å². The number of halogens is 2. The number of hydrogen-bond donors (Lipinski definition) is 1. The number of pyridine rings is 1. The first kappa shape index (κ1) is 19.0. The lowest BCUT2D eigenvalue weighted by Gasteiger charge is -2.19. The van der Waals surface area contributed by atoms with Crippen LogP contribution in [-0.2, 0) is 6.54 Å². The molecule has 0 aliphatic carbocycles. The highest BCUT2D eigenvalue weighted by Gasteiger charge is 2.22. The van der Waals surface area contributed by atoms with Gasteiger partial charge in [0.1, 0.15) is 6.10 Å². The van der Waals surface area contributed by atoms with Crippen LogP contribution in [0.25, 0.3) is 11.1 Å². The number of hydrogen-bond acceptors (Lipinski definition) is 2. The summed E-state index contributed by atoms with van der Waals surface area (Å²) in [6.45, 7) is 5.21. The Morgan fingerprint density at radius 3 is 2.58 bits per heavy atom. The molecule has 0 fully saturated rings. The van der Waals surface area contributed by atoms with E-state index in [0.717, 1.165) is 35.3 Å². The molecule has 1 N–H and O–H groups in total. The number of aryl methyl sites for hydroxylation is 1. The number of aliphatic hydroxyl groups excluding tert-OH is 1. The summed E-state index contributed by atoms with van der Waals surface area (Å²) >= 11 is 12.5. The second-order valence-corrected chi connectivity index (χ2v) is 7.65. The average molecular weight is 389 g/mol. The van der Waals surface area contributed by atoms with Crippen molar-refractivity contribution >= 4 is 23.2 Å². The molecule has 1 atom stereocenters. The van der Waals surface area contributed by atoms with Crippen molar-refractivity contribution in [3.63, 3.8) is 0 Å². The second-order valence-electron chi connectivity index (χ2n) is 6.80. The van der Waals surface area contributed by atoms with Gasteiger partial charge in [-0.25, -0.2) is 0 Å². The molecule has 1 unspecified atom stereocenters. The summed E-state index contributed by atoms with van der Waals surface area (Å²) < 4.78 is 2.11. The van der Waals surface area contributed by atoms with Gasteiger partial charge in [0.25, 0.3) is 0 Å². The molecule has 0 spiro atoms. The molecule has 0 aliphatic heterocycles. The van der Waals surface area contributed by atoms with Crippen LogP contribution in [0.5, 0.6) is 0 Å². The van der Waals surface area contributed by atoms with Crippen LogP contribution in [0.4, 0.5) is 0 Å². The smallest absolute Gasteiger partial charge is 0.121 e. The third kappa shape index (κ3) is 4.12.